The number of alkyl halides is 3. The summed E-state index contributed by atoms with van der Waals surface area (Å²) in [4.78, 5) is 3.36. The number of hydrogen-bond donors (Lipinski definition) is 1. The first-order chi connectivity index (χ1) is 6.07. The molecule has 0 unspecified atom stereocenters. The minimum Gasteiger partial charge on any atom is -0.395 e. The zero-order chi connectivity index (χ0) is 10.0. The number of rotatable bonds is 2. The Balaban J connectivity index is 3.23. The van der Waals surface area contributed by atoms with Gasteiger partial charge in [-0.3, -0.25) is 4.98 Å². The van der Waals surface area contributed by atoms with Gasteiger partial charge in [-0.15, -0.1) is 0 Å². The summed E-state index contributed by atoms with van der Waals surface area (Å²) in [5, 5.41) is 0.194. The Morgan fingerprint density at radius 1 is 1.54 bits per heavy atom. The van der Waals surface area contributed by atoms with E-state index < -0.39 is 23.6 Å². The summed E-state index contributed by atoms with van der Waals surface area (Å²) >= 11 is 2.98. The highest BCUT2D eigenvalue weighted by molar-refractivity contribution is 9.08. The molecule has 0 bridgehead atoms. The zero-order valence-electron chi connectivity index (χ0n) is 6.40. The van der Waals surface area contributed by atoms with E-state index in [9.17, 15) is 13.2 Å². The lowest BCUT2D eigenvalue weighted by Crippen LogP contribution is -2.04. The third-order valence-electron chi connectivity index (χ3n) is 1.50. The first-order valence-electron chi connectivity index (χ1n) is 3.34. The summed E-state index contributed by atoms with van der Waals surface area (Å²) in [5.41, 5.74) is 4.01. The van der Waals surface area contributed by atoms with Gasteiger partial charge < -0.3 is 5.73 Å². The molecule has 0 atom stereocenters. The molecule has 0 amide bonds. The molecule has 1 rings (SSSR count). The molecule has 0 saturated heterocycles. The van der Waals surface area contributed by atoms with E-state index in [1.165, 1.54) is 0 Å². The molecule has 2 N–H and O–H groups in total. The number of anilines is 1. The SMILES string of the molecule is Nc1c(C(F)F)ncc(CBr)c1F. The first-order valence-corrected chi connectivity index (χ1v) is 4.47. The van der Waals surface area contributed by atoms with Crippen molar-refractivity contribution in [2.24, 2.45) is 0 Å². The van der Waals surface area contributed by atoms with Crippen molar-refractivity contribution in [1.82, 2.24) is 4.98 Å². The van der Waals surface area contributed by atoms with Crippen LogP contribution in [0.25, 0.3) is 0 Å². The van der Waals surface area contributed by atoms with Crippen LogP contribution in [0.5, 0.6) is 0 Å². The van der Waals surface area contributed by atoms with Crippen LogP contribution < -0.4 is 5.73 Å². The van der Waals surface area contributed by atoms with Gasteiger partial charge in [0.1, 0.15) is 5.69 Å². The van der Waals surface area contributed by atoms with E-state index >= 15 is 0 Å². The molecule has 2 nitrogen and oxygen atoms in total. The molecule has 0 aromatic carbocycles. The van der Waals surface area contributed by atoms with E-state index in [-0.39, 0.29) is 10.9 Å². The van der Waals surface area contributed by atoms with Gasteiger partial charge in [-0.25, -0.2) is 13.2 Å². The van der Waals surface area contributed by atoms with Gasteiger partial charge in [-0.2, -0.15) is 0 Å². The van der Waals surface area contributed by atoms with Gasteiger partial charge in [0.05, 0.1) is 5.69 Å². The number of nitrogens with zero attached hydrogens (tertiary/aromatic N) is 1. The van der Waals surface area contributed by atoms with E-state index in [0.717, 1.165) is 6.20 Å². The molecule has 6 heteroatoms. The molecule has 1 aromatic rings. The number of nitrogens with two attached hydrogens (primary N) is 1. The summed E-state index contributed by atoms with van der Waals surface area (Å²) in [6.45, 7) is 0. The van der Waals surface area contributed by atoms with Gasteiger partial charge >= 0.3 is 0 Å². The molecule has 0 aliphatic rings. The molecule has 0 aliphatic heterocycles. The third kappa shape index (κ3) is 1.93. The fourth-order valence-corrected chi connectivity index (χ4v) is 1.22. The van der Waals surface area contributed by atoms with Gasteiger partial charge in [0.2, 0.25) is 0 Å². The van der Waals surface area contributed by atoms with Crippen LogP contribution in [0.2, 0.25) is 0 Å². The van der Waals surface area contributed by atoms with Crippen molar-refractivity contribution < 1.29 is 13.2 Å². The quantitative estimate of drug-likeness (QED) is 0.825. The molecular formula is C7H6BrF3N2. The molecule has 0 spiro atoms. The second kappa shape index (κ2) is 3.95. The van der Waals surface area contributed by atoms with Gasteiger partial charge in [0.25, 0.3) is 6.43 Å². The van der Waals surface area contributed by atoms with E-state index in [4.69, 9.17) is 5.73 Å². The highest BCUT2D eigenvalue weighted by Gasteiger charge is 2.18. The van der Waals surface area contributed by atoms with Crippen LogP contribution in [-0.2, 0) is 5.33 Å². The fourth-order valence-electron chi connectivity index (χ4n) is 0.826. The van der Waals surface area contributed by atoms with Gasteiger partial charge in [-0.1, -0.05) is 15.9 Å². The Bertz CT molecular complexity index is 317. The van der Waals surface area contributed by atoms with Crippen LogP contribution >= 0.6 is 15.9 Å². The normalized spacial score (nSPS) is 10.8. The van der Waals surface area contributed by atoms with Crippen LogP contribution in [0.4, 0.5) is 18.9 Å². The number of pyridine rings is 1. The highest BCUT2D eigenvalue weighted by Crippen LogP contribution is 2.26. The Kier molecular flexibility index (Phi) is 3.13. The maximum atomic E-state index is 13.1. The van der Waals surface area contributed by atoms with Gasteiger partial charge in [0, 0.05) is 17.1 Å². The number of halogens is 4. The van der Waals surface area contributed by atoms with Crippen LogP contribution in [-0.4, -0.2) is 4.98 Å². The minimum absolute atomic E-state index is 0.168. The molecular weight excluding hydrogens is 249 g/mol. The zero-order valence-corrected chi connectivity index (χ0v) is 7.98. The predicted octanol–water partition coefficient (Wildman–Crippen LogP) is 2.64. The smallest absolute Gasteiger partial charge is 0.282 e. The molecule has 0 saturated carbocycles. The van der Waals surface area contributed by atoms with Crippen molar-refractivity contribution >= 4 is 21.6 Å². The maximum Gasteiger partial charge on any atom is 0.282 e. The van der Waals surface area contributed by atoms with Crippen molar-refractivity contribution in [3.8, 4) is 0 Å². The molecule has 72 valence electrons. The summed E-state index contributed by atoms with van der Waals surface area (Å²) in [6, 6.07) is 0. The van der Waals surface area contributed by atoms with E-state index in [1.807, 2.05) is 0 Å². The summed E-state index contributed by atoms with van der Waals surface area (Å²) in [5.74, 6) is -0.831. The van der Waals surface area contributed by atoms with Crippen molar-refractivity contribution in [3.05, 3.63) is 23.3 Å². The van der Waals surface area contributed by atoms with Crippen LogP contribution in [0.1, 0.15) is 17.7 Å². The topological polar surface area (TPSA) is 38.9 Å². The first kappa shape index (κ1) is 10.3. The average molecular weight is 255 g/mol. The summed E-state index contributed by atoms with van der Waals surface area (Å²) in [6.07, 6.45) is -1.80. The predicted molar refractivity (Wildman–Crippen MR) is 46.2 cm³/mol. The minimum atomic E-state index is -2.85. The molecule has 0 radical (unpaired) electrons. The molecule has 1 aromatic heterocycles. The van der Waals surface area contributed by atoms with Gasteiger partial charge in [0.15, 0.2) is 5.82 Å². The number of aromatic nitrogens is 1. The standard InChI is InChI=1S/C7H6BrF3N2/c8-1-3-2-13-6(7(10)11)5(12)4(3)9/h2,7H,1,12H2. The monoisotopic (exact) mass is 254 g/mol. The molecule has 13 heavy (non-hydrogen) atoms. The van der Waals surface area contributed by atoms with E-state index in [0.29, 0.717) is 0 Å². The van der Waals surface area contributed by atoms with Crippen molar-refractivity contribution in [1.29, 1.82) is 0 Å². The number of hydrogen-bond acceptors (Lipinski definition) is 2. The molecule has 1 heterocycles. The van der Waals surface area contributed by atoms with Crippen LogP contribution in [0.15, 0.2) is 6.20 Å². The lowest BCUT2D eigenvalue weighted by atomic mass is 10.2. The van der Waals surface area contributed by atoms with E-state index in [1.54, 1.807) is 0 Å². The Morgan fingerprint density at radius 3 is 2.62 bits per heavy atom. The molecule has 0 fully saturated rings. The summed E-state index contributed by atoms with van der Waals surface area (Å²) < 4.78 is 37.3. The fraction of sp³-hybridized carbons (Fsp3) is 0.286. The van der Waals surface area contributed by atoms with Crippen LogP contribution in [0.3, 0.4) is 0 Å². The van der Waals surface area contributed by atoms with Crippen molar-refractivity contribution in [2.45, 2.75) is 11.8 Å². The Morgan fingerprint density at radius 2 is 2.15 bits per heavy atom. The largest absolute Gasteiger partial charge is 0.395 e. The summed E-state index contributed by atoms with van der Waals surface area (Å²) in [7, 11) is 0. The lowest BCUT2D eigenvalue weighted by Gasteiger charge is -2.06. The maximum absolute atomic E-state index is 13.1. The lowest BCUT2D eigenvalue weighted by molar-refractivity contribution is 0.146. The van der Waals surface area contributed by atoms with Crippen LogP contribution in [0, 0.1) is 5.82 Å². The molecule has 0 aliphatic carbocycles. The van der Waals surface area contributed by atoms with Crippen molar-refractivity contribution in [2.75, 3.05) is 5.73 Å². The van der Waals surface area contributed by atoms with Gasteiger partial charge in [-0.05, 0) is 0 Å². The van der Waals surface area contributed by atoms with Crippen molar-refractivity contribution in [3.63, 3.8) is 0 Å². The number of nitrogen functional groups attached to an aromatic ring is 1. The second-order valence-corrected chi connectivity index (χ2v) is 2.89. The average Bonchev–Trinajstić information content (AvgIpc) is 2.09. The Hall–Kier alpha value is -0.780. The second-order valence-electron chi connectivity index (χ2n) is 2.33. The Labute approximate surface area is 81.1 Å². The highest BCUT2D eigenvalue weighted by atomic mass is 79.9. The third-order valence-corrected chi connectivity index (χ3v) is 2.11. The van der Waals surface area contributed by atoms with E-state index in [2.05, 4.69) is 20.9 Å².